The molecule has 3 nitrogen and oxygen atoms in total. The highest BCUT2D eigenvalue weighted by molar-refractivity contribution is 7.11. The summed E-state index contributed by atoms with van der Waals surface area (Å²) in [4.78, 5) is 5.74. The summed E-state index contributed by atoms with van der Waals surface area (Å²) in [6.45, 7) is 6.79. The molecule has 0 aliphatic heterocycles. The molecule has 0 aliphatic rings. The summed E-state index contributed by atoms with van der Waals surface area (Å²) in [6, 6.07) is 0. The van der Waals surface area contributed by atoms with Crippen molar-refractivity contribution in [3.63, 3.8) is 0 Å². The van der Waals surface area contributed by atoms with Crippen LogP contribution in [0.25, 0.3) is 0 Å². The zero-order valence-electron chi connectivity index (χ0n) is 9.09. The minimum Gasteiger partial charge on any atom is -0.378 e. The Kier molecular flexibility index (Phi) is 5.07. The smallest absolute Gasteiger partial charge is 0.0901 e. The lowest BCUT2D eigenvalue weighted by molar-refractivity contribution is 0.181. The van der Waals surface area contributed by atoms with Crippen molar-refractivity contribution < 1.29 is 4.74 Å². The number of aryl methyl sites for hydroxylation is 1. The van der Waals surface area contributed by atoms with Gasteiger partial charge in [-0.15, -0.1) is 11.3 Å². The molecule has 0 radical (unpaired) electrons. The molecule has 1 aromatic rings. The van der Waals surface area contributed by atoms with E-state index in [0.717, 1.165) is 30.2 Å². The minimum atomic E-state index is 0.619. The van der Waals surface area contributed by atoms with Gasteiger partial charge in [0.05, 0.1) is 17.3 Å². The van der Waals surface area contributed by atoms with Crippen LogP contribution in [0.3, 0.4) is 0 Å². The predicted molar refractivity (Wildman–Crippen MR) is 59.6 cm³/mol. The Hall–Kier alpha value is -0.450. The quantitative estimate of drug-likeness (QED) is 0.736. The maximum absolute atomic E-state index is 5.10. The van der Waals surface area contributed by atoms with Crippen LogP contribution in [0.2, 0.25) is 0 Å². The Morgan fingerprint density at radius 2 is 2.29 bits per heavy atom. The van der Waals surface area contributed by atoms with E-state index in [2.05, 4.69) is 17.2 Å². The number of hydrogen-bond donors (Lipinski definition) is 1. The van der Waals surface area contributed by atoms with Crippen LogP contribution < -0.4 is 5.32 Å². The van der Waals surface area contributed by atoms with Crippen molar-refractivity contribution in [2.75, 3.05) is 13.7 Å². The topological polar surface area (TPSA) is 34.2 Å². The van der Waals surface area contributed by atoms with Crippen molar-refractivity contribution in [2.45, 2.75) is 33.4 Å². The van der Waals surface area contributed by atoms with Crippen LogP contribution >= 0.6 is 11.3 Å². The zero-order valence-corrected chi connectivity index (χ0v) is 9.91. The fourth-order valence-corrected chi connectivity index (χ4v) is 2.19. The molecule has 0 spiro atoms. The molecule has 0 amide bonds. The lowest BCUT2D eigenvalue weighted by atomic mass is 10.3. The second-order valence-corrected chi connectivity index (χ2v) is 4.50. The Bertz CT molecular complexity index is 273. The summed E-state index contributed by atoms with van der Waals surface area (Å²) in [5.41, 5.74) is 1.08. The third-order valence-electron chi connectivity index (χ3n) is 1.88. The fourth-order valence-electron chi connectivity index (χ4n) is 1.28. The summed E-state index contributed by atoms with van der Waals surface area (Å²) < 4.78 is 5.10. The standard InChI is InChI=1S/C10H18N2OS/c1-4-5-11-6-10-9(7-13-3)12-8(2)14-10/h11H,4-7H2,1-3H3. The van der Waals surface area contributed by atoms with Crippen LogP contribution in [0.1, 0.15) is 28.9 Å². The third-order valence-corrected chi connectivity index (χ3v) is 2.89. The van der Waals surface area contributed by atoms with Gasteiger partial charge in [0.25, 0.3) is 0 Å². The van der Waals surface area contributed by atoms with Gasteiger partial charge in [0.2, 0.25) is 0 Å². The Morgan fingerprint density at radius 1 is 1.50 bits per heavy atom. The van der Waals surface area contributed by atoms with E-state index in [1.807, 2.05) is 6.92 Å². The molecule has 4 heteroatoms. The van der Waals surface area contributed by atoms with Gasteiger partial charge < -0.3 is 10.1 Å². The SMILES string of the molecule is CCCNCc1sc(C)nc1COC. The molecule has 14 heavy (non-hydrogen) atoms. The minimum absolute atomic E-state index is 0.619. The summed E-state index contributed by atoms with van der Waals surface area (Å²) in [7, 11) is 1.71. The number of thiazole rings is 1. The van der Waals surface area contributed by atoms with Crippen LogP contribution in [-0.4, -0.2) is 18.6 Å². The number of ether oxygens (including phenoxy) is 1. The maximum Gasteiger partial charge on any atom is 0.0901 e. The van der Waals surface area contributed by atoms with E-state index in [9.17, 15) is 0 Å². The molecule has 80 valence electrons. The number of hydrogen-bond acceptors (Lipinski definition) is 4. The second-order valence-electron chi connectivity index (χ2n) is 3.21. The number of rotatable bonds is 6. The zero-order chi connectivity index (χ0) is 10.4. The molecule has 1 heterocycles. The lowest BCUT2D eigenvalue weighted by Gasteiger charge is -2.02. The van der Waals surface area contributed by atoms with Gasteiger partial charge in [0.15, 0.2) is 0 Å². The van der Waals surface area contributed by atoms with Crippen molar-refractivity contribution >= 4 is 11.3 Å². The fraction of sp³-hybridized carbons (Fsp3) is 0.700. The highest BCUT2D eigenvalue weighted by atomic mass is 32.1. The van der Waals surface area contributed by atoms with Crippen molar-refractivity contribution in [1.82, 2.24) is 10.3 Å². The molecule has 0 fully saturated rings. The number of nitrogens with zero attached hydrogens (tertiary/aromatic N) is 1. The van der Waals surface area contributed by atoms with Gasteiger partial charge >= 0.3 is 0 Å². The molecule has 1 rings (SSSR count). The first-order chi connectivity index (χ1) is 6.77. The van der Waals surface area contributed by atoms with Crippen LogP contribution in [0.15, 0.2) is 0 Å². The van der Waals surface area contributed by atoms with Crippen molar-refractivity contribution in [2.24, 2.45) is 0 Å². The first kappa shape index (κ1) is 11.6. The second kappa shape index (κ2) is 6.11. The van der Waals surface area contributed by atoms with Gasteiger partial charge in [-0.3, -0.25) is 0 Å². The summed E-state index contributed by atoms with van der Waals surface area (Å²) in [5, 5.41) is 4.49. The molecule has 0 bridgehead atoms. The van der Waals surface area contributed by atoms with E-state index in [4.69, 9.17) is 4.74 Å². The number of methoxy groups -OCH3 is 1. The van der Waals surface area contributed by atoms with Gasteiger partial charge in [-0.1, -0.05) is 6.92 Å². The van der Waals surface area contributed by atoms with E-state index in [1.165, 1.54) is 4.88 Å². The molecule has 1 aromatic heterocycles. The molecular formula is C10H18N2OS. The molecule has 0 aromatic carbocycles. The van der Waals surface area contributed by atoms with Gasteiger partial charge in [-0.05, 0) is 19.9 Å². The largest absolute Gasteiger partial charge is 0.378 e. The number of aromatic nitrogens is 1. The van der Waals surface area contributed by atoms with E-state index >= 15 is 0 Å². The summed E-state index contributed by atoms with van der Waals surface area (Å²) >= 11 is 1.75. The molecular weight excluding hydrogens is 196 g/mol. The van der Waals surface area contributed by atoms with E-state index in [-0.39, 0.29) is 0 Å². The van der Waals surface area contributed by atoms with E-state index < -0.39 is 0 Å². The highest BCUT2D eigenvalue weighted by Gasteiger charge is 2.07. The number of nitrogens with one attached hydrogen (secondary N) is 1. The average Bonchev–Trinajstić information content (AvgIpc) is 2.48. The summed E-state index contributed by atoms with van der Waals surface area (Å²) in [5.74, 6) is 0. The van der Waals surface area contributed by atoms with Crippen molar-refractivity contribution in [3.8, 4) is 0 Å². The molecule has 0 saturated carbocycles. The van der Waals surface area contributed by atoms with Gasteiger partial charge in [0.1, 0.15) is 0 Å². The van der Waals surface area contributed by atoms with Crippen LogP contribution in [0, 0.1) is 6.92 Å². The van der Waals surface area contributed by atoms with Crippen molar-refractivity contribution in [3.05, 3.63) is 15.6 Å². The predicted octanol–water partition coefficient (Wildman–Crippen LogP) is 2.10. The van der Waals surface area contributed by atoms with Crippen molar-refractivity contribution in [1.29, 1.82) is 0 Å². The molecule has 0 saturated heterocycles. The van der Waals surface area contributed by atoms with Crippen LogP contribution in [0.5, 0.6) is 0 Å². The van der Waals surface area contributed by atoms with Crippen LogP contribution in [0.4, 0.5) is 0 Å². The average molecular weight is 214 g/mol. The van der Waals surface area contributed by atoms with Gasteiger partial charge in [-0.2, -0.15) is 0 Å². The summed E-state index contributed by atoms with van der Waals surface area (Å²) in [6.07, 6.45) is 1.16. The lowest BCUT2D eigenvalue weighted by Crippen LogP contribution is -2.14. The first-order valence-corrected chi connectivity index (χ1v) is 5.74. The third kappa shape index (κ3) is 3.36. The molecule has 0 atom stereocenters. The van der Waals surface area contributed by atoms with Gasteiger partial charge in [-0.25, -0.2) is 4.98 Å². The van der Waals surface area contributed by atoms with Crippen LogP contribution in [-0.2, 0) is 17.9 Å². The molecule has 0 aliphatic carbocycles. The first-order valence-electron chi connectivity index (χ1n) is 4.92. The monoisotopic (exact) mass is 214 g/mol. The molecule has 1 N–H and O–H groups in total. The Labute approximate surface area is 89.5 Å². The van der Waals surface area contributed by atoms with E-state index in [1.54, 1.807) is 18.4 Å². The molecule has 0 unspecified atom stereocenters. The highest BCUT2D eigenvalue weighted by Crippen LogP contribution is 2.18. The van der Waals surface area contributed by atoms with Gasteiger partial charge in [0, 0.05) is 18.5 Å². The Balaban J connectivity index is 2.54. The normalized spacial score (nSPS) is 10.8. The maximum atomic E-state index is 5.10. The Morgan fingerprint density at radius 3 is 2.93 bits per heavy atom. The van der Waals surface area contributed by atoms with E-state index in [0.29, 0.717) is 6.61 Å².